The van der Waals surface area contributed by atoms with Crippen molar-refractivity contribution in [2.45, 2.75) is 12.0 Å². The predicted octanol–water partition coefficient (Wildman–Crippen LogP) is -0.741. The van der Waals surface area contributed by atoms with E-state index in [1.54, 1.807) is 0 Å². The summed E-state index contributed by atoms with van der Waals surface area (Å²) in [6, 6.07) is -0.719. The molecule has 0 aromatic rings. The van der Waals surface area contributed by atoms with Crippen LogP contribution in [0.15, 0.2) is 12.2 Å². The molecule has 1 heterocycles. The van der Waals surface area contributed by atoms with Gasteiger partial charge < -0.3 is 19.9 Å². The molecule has 1 unspecified atom stereocenters. The van der Waals surface area contributed by atoms with E-state index in [4.69, 9.17) is 14.6 Å². The second-order valence-electron chi connectivity index (χ2n) is 4.03. The zero-order chi connectivity index (χ0) is 14.3. The molecule has 1 aliphatic heterocycles. The first-order valence-electron chi connectivity index (χ1n) is 5.60. The van der Waals surface area contributed by atoms with Crippen LogP contribution in [0.25, 0.3) is 0 Å². The van der Waals surface area contributed by atoms with Crippen LogP contribution < -0.4 is 10.6 Å². The minimum absolute atomic E-state index is 0.200. The average Bonchev–Trinajstić information content (AvgIpc) is 2.83. The Morgan fingerprint density at radius 1 is 1.42 bits per heavy atom. The molecular weight excluding hydrogens is 256 g/mol. The summed E-state index contributed by atoms with van der Waals surface area (Å²) in [5.41, 5.74) is -0.572. The van der Waals surface area contributed by atoms with Gasteiger partial charge in [-0.25, -0.2) is 9.59 Å². The molecule has 3 amide bonds. The minimum atomic E-state index is -1.27. The molecular formula is C11H16N2O6. The van der Waals surface area contributed by atoms with Crippen LogP contribution >= 0.6 is 0 Å². The zero-order valence-corrected chi connectivity index (χ0v) is 10.5. The highest BCUT2D eigenvalue weighted by Crippen LogP contribution is 2.21. The Labute approximate surface area is 109 Å². The van der Waals surface area contributed by atoms with Gasteiger partial charge >= 0.3 is 12.0 Å². The van der Waals surface area contributed by atoms with Gasteiger partial charge in [0.15, 0.2) is 0 Å². The van der Waals surface area contributed by atoms with Crippen LogP contribution in [0.2, 0.25) is 0 Å². The lowest BCUT2D eigenvalue weighted by atomic mass is 10.0. The summed E-state index contributed by atoms with van der Waals surface area (Å²) in [6.45, 7) is 1.12. The number of nitrogens with one attached hydrogen (secondary N) is 2. The molecule has 0 aromatic heterocycles. The lowest BCUT2D eigenvalue weighted by molar-refractivity contribution is -0.131. The van der Waals surface area contributed by atoms with Gasteiger partial charge in [0.25, 0.3) is 5.91 Å². The van der Waals surface area contributed by atoms with Gasteiger partial charge in [0, 0.05) is 32.3 Å². The topological polar surface area (TPSA) is 114 Å². The van der Waals surface area contributed by atoms with Gasteiger partial charge in [-0.1, -0.05) is 0 Å². The Kier molecular flexibility index (Phi) is 5.46. The van der Waals surface area contributed by atoms with E-state index in [-0.39, 0.29) is 6.54 Å². The largest absolute Gasteiger partial charge is 0.478 e. The van der Waals surface area contributed by atoms with Crippen LogP contribution in [0, 0.1) is 0 Å². The Morgan fingerprint density at radius 3 is 2.68 bits per heavy atom. The molecule has 1 aliphatic rings. The number of aliphatic carboxylic acids is 1. The van der Waals surface area contributed by atoms with Crippen molar-refractivity contribution < 1.29 is 29.0 Å². The first-order chi connectivity index (χ1) is 8.97. The molecule has 0 saturated carbocycles. The van der Waals surface area contributed by atoms with E-state index in [1.807, 2.05) is 5.32 Å². The number of hydrogen-bond donors (Lipinski definition) is 3. The molecule has 1 saturated heterocycles. The number of carboxylic acid groups (broad SMARTS) is 1. The monoisotopic (exact) mass is 272 g/mol. The molecule has 1 fully saturated rings. The fourth-order valence-corrected chi connectivity index (χ4v) is 1.55. The van der Waals surface area contributed by atoms with Crippen molar-refractivity contribution in [3.05, 3.63) is 12.2 Å². The van der Waals surface area contributed by atoms with Crippen molar-refractivity contribution in [1.82, 2.24) is 10.6 Å². The van der Waals surface area contributed by atoms with E-state index in [2.05, 4.69) is 5.32 Å². The third-order valence-corrected chi connectivity index (χ3v) is 2.69. The first-order valence-corrected chi connectivity index (χ1v) is 5.60. The molecule has 0 aromatic carbocycles. The van der Waals surface area contributed by atoms with Gasteiger partial charge in [-0.05, 0) is 0 Å². The van der Waals surface area contributed by atoms with Crippen LogP contribution in [-0.2, 0) is 19.1 Å². The molecule has 0 bridgehead atoms. The number of imide groups is 1. The van der Waals surface area contributed by atoms with Crippen LogP contribution in [0.3, 0.4) is 0 Å². The standard InChI is InChI=1S/C11H16N2O6/c1-18-11(4-5-19-7-11)6-12-10(17)13-8(14)2-3-9(15)16/h2-3H,4-7H2,1H3,(H,15,16)(H2,12,13,14,17)/b3-2+. The SMILES string of the molecule is COC1(CNC(=O)NC(=O)/C=C/C(=O)O)CCOC1. The summed E-state index contributed by atoms with van der Waals surface area (Å²) in [7, 11) is 1.52. The van der Waals surface area contributed by atoms with Gasteiger partial charge in [0.05, 0.1) is 13.2 Å². The summed E-state index contributed by atoms with van der Waals surface area (Å²) in [5.74, 6) is -2.08. The van der Waals surface area contributed by atoms with E-state index in [0.29, 0.717) is 25.7 Å². The number of rotatable bonds is 5. The maximum atomic E-state index is 11.4. The molecule has 0 aliphatic carbocycles. The third-order valence-electron chi connectivity index (χ3n) is 2.69. The van der Waals surface area contributed by atoms with Crippen LogP contribution in [0.1, 0.15) is 6.42 Å². The minimum Gasteiger partial charge on any atom is -0.478 e. The molecule has 106 valence electrons. The Morgan fingerprint density at radius 2 is 2.16 bits per heavy atom. The highest BCUT2D eigenvalue weighted by molar-refractivity contribution is 6.02. The molecule has 8 nitrogen and oxygen atoms in total. The number of hydrogen-bond acceptors (Lipinski definition) is 5. The van der Waals surface area contributed by atoms with Gasteiger partial charge in [-0.3, -0.25) is 10.1 Å². The van der Waals surface area contributed by atoms with Crippen molar-refractivity contribution in [2.75, 3.05) is 26.9 Å². The van der Waals surface area contributed by atoms with Crippen LogP contribution in [-0.4, -0.2) is 55.5 Å². The number of carbonyl (C=O) groups is 3. The zero-order valence-electron chi connectivity index (χ0n) is 10.5. The highest BCUT2D eigenvalue weighted by atomic mass is 16.5. The maximum Gasteiger partial charge on any atom is 0.328 e. The van der Waals surface area contributed by atoms with Crippen molar-refractivity contribution in [1.29, 1.82) is 0 Å². The molecule has 0 radical (unpaired) electrons. The number of ether oxygens (including phenoxy) is 2. The van der Waals surface area contributed by atoms with Crippen molar-refractivity contribution in [3.8, 4) is 0 Å². The van der Waals surface area contributed by atoms with E-state index in [0.717, 1.165) is 6.08 Å². The highest BCUT2D eigenvalue weighted by Gasteiger charge is 2.35. The summed E-state index contributed by atoms with van der Waals surface area (Å²) in [5, 5.41) is 12.8. The molecule has 1 rings (SSSR count). The van der Waals surface area contributed by atoms with Gasteiger partial charge in [-0.2, -0.15) is 0 Å². The quantitative estimate of drug-likeness (QED) is 0.568. The van der Waals surface area contributed by atoms with E-state index in [1.165, 1.54) is 7.11 Å². The van der Waals surface area contributed by atoms with Crippen LogP contribution in [0.5, 0.6) is 0 Å². The predicted molar refractivity (Wildman–Crippen MR) is 63.5 cm³/mol. The van der Waals surface area contributed by atoms with E-state index < -0.39 is 23.5 Å². The second kappa shape index (κ2) is 6.86. The number of carbonyl (C=O) groups excluding carboxylic acids is 2. The smallest absolute Gasteiger partial charge is 0.328 e. The fraction of sp³-hybridized carbons (Fsp3) is 0.545. The number of urea groups is 1. The lowest BCUT2D eigenvalue weighted by Crippen LogP contribution is -2.48. The van der Waals surface area contributed by atoms with E-state index in [9.17, 15) is 14.4 Å². The molecule has 19 heavy (non-hydrogen) atoms. The van der Waals surface area contributed by atoms with Gasteiger partial charge in [0.1, 0.15) is 5.60 Å². The molecule has 8 heteroatoms. The Bertz CT molecular complexity index is 387. The molecule has 1 atom stereocenters. The maximum absolute atomic E-state index is 11.4. The Hall–Kier alpha value is -1.93. The average molecular weight is 272 g/mol. The fourth-order valence-electron chi connectivity index (χ4n) is 1.55. The summed E-state index contributed by atoms with van der Waals surface area (Å²) in [4.78, 5) is 32.7. The van der Waals surface area contributed by atoms with Crippen molar-refractivity contribution >= 4 is 17.9 Å². The Balaban J connectivity index is 2.35. The van der Waals surface area contributed by atoms with Crippen molar-refractivity contribution in [3.63, 3.8) is 0 Å². The summed E-state index contributed by atoms with van der Waals surface area (Å²) >= 11 is 0. The summed E-state index contributed by atoms with van der Waals surface area (Å²) in [6.07, 6.45) is 2.05. The number of methoxy groups -OCH3 is 1. The van der Waals surface area contributed by atoms with Crippen molar-refractivity contribution in [2.24, 2.45) is 0 Å². The molecule has 0 spiro atoms. The molecule has 3 N–H and O–H groups in total. The number of carboxylic acids is 1. The van der Waals surface area contributed by atoms with Gasteiger partial charge in [-0.15, -0.1) is 0 Å². The van der Waals surface area contributed by atoms with Gasteiger partial charge in [0.2, 0.25) is 0 Å². The number of amides is 3. The second-order valence-corrected chi connectivity index (χ2v) is 4.03. The lowest BCUT2D eigenvalue weighted by Gasteiger charge is -2.25. The third kappa shape index (κ3) is 5.06. The van der Waals surface area contributed by atoms with Crippen LogP contribution in [0.4, 0.5) is 4.79 Å². The first kappa shape index (κ1) is 15.1. The summed E-state index contributed by atoms with van der Waals surface area (Å²) < 4.78 is 10.5. The normalized spacial score (nSPS) is 22.4. The van der Waals surface area contributed by atoms with E-state index >= 15 is 0 Å².